The van der Waals surface area contributed by atoms with Crippen molar-refractivity contribution in [3.05, 3.63) is 94.0 Å². The van der Waals surface area contributed by atoms with Gasteiger partial charge in [0.2, 0.25) is 0 Å². The first kappa shape index (κ1) is 14.3. The van der Waals surface area contributed by atoms with Gasteiger partial charge in [-0.3, -0.25) is 0 Å². The van der Waals surface area contributed by atoms with E-state index in [0.29, 0.717) is 5.92 Å². The van der Waals surface area contributed by atoms with E-state index in [4.69, 9.17) is 0 Å². The summed E-state index contributed by atoms with van der Waals surface area (Å²) in [5.41, 5.74) is 10.1. The molecule has 0 heterocycles. The number of aryl methyl sites for hydroxylation is 2. The van der Waals surface area contributed by atoms with Crippen LogP contribution in [0.2, 0.25) is 0 Å². The number of fused-ring (bicyclic) bond motifs is 7. The molecule has 2 aliphatic rings. The van der Waals surface area contributed by atoms with Crippen molar-refractivity contribution in [2.24, 2.45) is 0 Å². The van der Waals surface area contributed by atoms with Gasteiger partial charge in [-0.1, -0.05) is 59.7 Å². The Balaban J connectivity index is 1.56. The van der Waals surface area contributed by atoms with Crippen LogP contribution in [0.1, 0.15) is 39.3 Å². The highest BCUT2D eigenvalue weighted by atomic mass is 14.4. The van der Waals surface area contributed by atoms with Crippen molar-refractivity contribution in [2.45, 2.75) is 26.2 Å². The van der Waals surface area contributed by atoms with Crippen LogP contribution < -0.4 is 0 Å². The molecule has 1 unspecified atom stereocenters. The maximum absolute atomic E-state index is 2.44. The van der Waals surface area contributed by atoms with Gasteiger partial charge in [0.1, 0.15) is 0 Å². The summed E-state index contributed by atoms with van der Waals surface area (Å²) in [5, 5.41) is 5.45. The fraction of sp³-hybridized carbons (Fsp3) is 0.154. The van der Waals surface area contributed by atoms with E-state index >= 15 is 0 Å². The van der Waals surface area contributed by atoms with Crippen LogP contribution in [0.15, 0.2) is 60.7 Å². The van der Waals surface area contributed by atoms with Crippen molar-refractivity contribution in [1.29, 1.82) is 0 Å². The Bertz CT molecular complexity index is 1270. The van der Waals surface area contributed by atoms with Crippen LogP contribution >= 0.6 is 0 Å². The zero-order valence-electron chi connectivity index (χ0n) is 15.1. The summed E-state index contributed by atoms with van der Waals surface area (Å²) in [7, 11) is 0. The maximum Gasteiger partial charge on any atom is 0.0142 e. The zero-order chi connectivity index (χ0) is 17.4. The molecular formula is C26H20. The largest absolute Gasteiger partial charge is 0.0587 e. The summed E-state index contributed by atoms with van der Waals surface area (Å²) in [4.78, 5) is 0. The predicted octanol–water partition coefficient (Wildman–Crippen LogP) is 6.80. The minimum Gasteiger partial charge on any atom is -0.0587 e. The van der Waals surface area contributed by atoms with E-state index in [9.17, 15) is 0 Å². The van der Waals surface area contributed by atoms with E-state index in [-0.39, 0.29) is 0 Å². The van der Waals surface area contributed by atoms with Gasteiger partial charge < -0.3 is 0 Å². The van der Waals surface area contributed by atoms with Crippen molar-refractivity contribution in [3.63, 3.8) is 0 Å². The number of rotatable bonds is 0. The third-order valence-corrected chi connectivity index (χ3v) is 6.21. The zero-order valence-corrected chi connectivity index (χ0v) is 15.1. The number of hydrogen-bond donors (Lipinski definition) is 0. The number of hydrogen-bond acceptors (Lipinski definition) is 0. The molecule has 4 aromatic rings. The minimum atomic E-state index is 0.530. The summed E-state index contributed by atoms with van der Waals surface area (Å²) < 4.78 is 0. The molecule has 0 fully saturated rings. The normalized spacial score (nSPS) is 17.3. The van der Waals surface area contributed by atoms with Crippen molar-refractivity contribution in [3.8, 4) is 0 Å². The average molecular weight is 332 g/mol. The van der Waals surface area contributed by atoms with Crippen LogP contribution in [-0.2, 0) is 6.42 Å². The molecule has 2 aliphatic carbocycles. The summed E-state index contributed by atoms with van der Waals surface area (Å²) in [5.74, 6) is 0.530. The molecular weight excluding hydrogens is 312 g/mol. The molecule has 0 nitrogen and oxygen atoms in total. The topological polar surface area (TPSA) is 0 Å². The SMILES string of the molecule is Cc1ccc2cc3c(cc2c1)C1=Cc2cc4ccc(C)cc4cc2C1C3. The predicted molar refractivity (Wildman–Crippen MR) is 112 cm³/mol. The van der Waals surface area contributed by atoms with Gasteiger partial charge in [0.25, 0.3) is 0 Å². The Kier molecular flexibility index (Phi) is 2.68. The molecule has 124 valence electrons. The Hall–Kier alpha value is -2.86. The summed E-state index contributed by atoms with van der Waals surface area (Å²) in [6.07, 6.45) is 3.57. The molecule has 0 aliphatic heterocycles. The fourth-order valence-corrected chi connectivity index (χ4v) is 4.92. The minimum absolute atomic E-state index is 0.530. The maximum atomic E-state index is 2.44. The van der Waals surface area contributed by atoms with Gasteiger partial charge in [-0.25, -0.2) is 0 Å². The van der Waals surface area contributed by atoms with Gasteiger partial charge in [0.05, 0.1) is 0 Å². The van der Waals surface area contributed by atoms with Crippen LogP contribution in [0.3, 0.4) is 0 Å². The van der Waals surface area contributed by atoms with E-state index < -0.39 is 0 Å². The third kappa shape index (κ3) is 1.90. The Labute approximate surface area is 153 Å². The lowest BCUT2D eigenvalue weighted by Gasteiger charge is -2.10. The first-order valence-electron chi connectivity index (χ1n) is 9.45. The molecule has 0 saturated heterocycles. The molecule has 0 saturated carbocycles. The lowest BCUT2D eigenvalue weighted by atomic mass is 9.93. The second kappa shape index (κ2) is 4.86. The van der Waals surface area contributed by atoms with Crippen molar-refractivity contribution < 1.29 is 0 Å². The highest BCUT2D eigenvalue weighted by molar-refractivity contribution is 6.01. The molecule has 6 rings (SSSR count). The second-order valence-electron chi connectivity index (χ2n) is 8.05. The Morgan fingerprint density at radius 2 is 1.38 bits per heavy atom. The second-order valence-corrected chi connectivity index (χ2v) is 8.05. The molecule has 1 atom stereocenters. The summed E-state index contributed by atoms with van der Waals surface area (Å²) >= 11 is 0. The lowest BCUT2D eigenvalue weighted by Crippen LogP contribution is -1.94. The highest BCUT2D eigenvalue weighted by Crippen LogP contribution is 2.51. The van der Waals surface area contributed by atoms with Gasteiger partial charge in [0.15, 0.2) is 0 Å². The Morgan fingerprint density at radius 3 is 2.15 bits per heavy atom. The van der Waals surface area contributed by atoms with Gasteiger partial charge in [-0.05, 0) is 87.8 Å². The average Bonchev–Trinajstić information content (AvgIpc) is 3.14. The molecule has 4 aromatic carbocycles. The molecule has 0 N–H and O–H groups in total. The molecule has 0 bridgehead atoms. The Morgan fingerprint density at radius 1 is 0.692 bits per heavy atom. The molecule has 0 radical (unpaired) electrons. The third-order valence-electron chi connectivity index (χ3n) is 6.21. The first-order valence-corrected chi connectivity index (χ1v) is 9.45. The fourth-order valence-electron chi connectivity index (χ4n) is 4.92. The van der Waals surface area contributed by atoms with Crippen molar-refractivity contribution >= 4 is 33.2 Å². The summed E-state index contributed by atoms with van der Waals surface area (Å²) in [6, 6.07) is 23.2. The van der Waals surface area contributed by atoms with E-state index in [1.807, 2.05) is 0 Å². The quantitative estimate of drug-likeness (QED) is 0.332. The first-order chi connectivity index (χ1) is 12.7. The van der Waals surface area contributed by atoms with Crippen LogP contribution in [-0.4, -0.2) is 0 Å². The molecule has 0 amide bonds. The summed E-state index contributed by atoms with van der Waals surface area (Å²) in [6.45, 7) is 4.35. The van der Waals surface area contributed by atoms with Crippen LogP contribution in [0.5, 0.6) is 0 Å². The monoisotopic (exact) mass is 332 g/mol. The van der Waals surface area contributed by atoms with Crippen molar-refractivity contribution in [1.82, 2.24) is 0 Å². The van der Waals surface area contributed by atoms with Gasteiger partial charge in [-0.2, -0.15) is 0 Å². The van der Waals surface area contributed by atoms with Crippen molar-refractivity contribution in [2.75, 3.05) is 0 Å². The van der Waals surface area contributed by atoms with Crippen LogP contribution in [0.4, 0.5) is 0 Å². The van der Waals surface area contributed by atoms with Gasteiger partial charge in [-0.15, -0.1) is 0 Å². The molecule has 0 aromatic heterocycles. The van der Waals surface area contributed by atoms with Gasteiger partial charge in [0, 0.05) is 5.92 Å². The lowest BCUT2D eigenvalue weighted by molar-refractivity contribution is 0.912. The van der Waals surface area contributed by atoms with Crippen LogP contribution in [0.25, 0.3) is 33.2 Å². The molecule has 26 heavy (non-hydrogen) atoms. The molecule has 0 heteroatoms. The van der Waals surface area contributed by atoms with E-state index in [2.05, 4.69) is 80.6 Å². The van der Waals surface area contributed by atoms with E-state index in [1.54, 1.807) is 0 Å². The van der Waals surface area contributed by atoms with Crippen LogP contribution in [0, 0.1) is 13.8 Å². The van der Waals surface area contributed by atoms with E-state index in [1.165, 1.54) is 60.5 Å². The van der Waals surface area contributed by atoms with Gasteiger partial charge >= 0.3 is 0 Å². The number of allylic oxidation sites excluding steroid dienone is 1. The standard InChI is InChI=1S/C26H20/c1-15-3-5-17-9-21-13-26-24-12-20-8-16(2)4-6-18(20)10-22(24)14-25(26)23(21)11-19(17)7-15/h3-13,25H,14H2,1-2H3. The van der Waals surface area contributed by atoms with E-state index in [0.717, 1.165) is 6.42 Å². The molecule has 0 spiro atoms. The smallest absolute Gasteiger partial charge is 0.0142 e. The number of benzene rings is 4. The highest BCUT2D eigenvalue weighted by Gasteiger charge is 2.33.